The van der Waals surface area contributed by atoms with Crippen LogP contribution in [0.2, 0.25) is 0 Å². The summed E-state index contributed by atoms with van der Waals surface area (Å²) in [5, 5.41) is 15.1. The Morgan fingerprint density at radius 1 is 1.20 bits per heavy atom. The highest BCUT2D eigenvalue weighted by atomic mass is 79.9. The predicted octanol–water partition coefficient (Wildman–Crippen LogP) is 4.23. The fraction of sp³-hybridized carbons (Fsp3) is 0.125. The average Bonchev–Trinajstić information content (AvgIpc) is 3.05. The SMILES string of the molecule is Cc1cc(Br)c(NC(=O)CSc2nnnn2-c2ccccc2)c(Br)c1. The normalized spacial score (nSPS) is 10.7. The lowest BCUT2D eigenvalue weighted by Gasteiger charge is -2.10. The maximum Gasteiger partial charge on any atom is 0.234 e. The van der Waals surface area contributed by atoms with Gasteiger partial charge in [0.05, 0.1) is 17.1 Å². The number of anilines is 1. The Hall–Kier alpha value is -1.71. The van der Waals surface area contributed by atoms with E-state index in [4.69, 9.17) is 0 Å². The molecule has 1 aromatic heterocycles. The first kappa shape index (κ1) is 18.1. The number of carbonyl (C=O) groups is 1. The van der Waals surface area contributed by atoms with Gasteiger partial charge in [-0.1, -0.05) is 30.0 Å². The minimum Gasteiger partial charge on any atom is -0.323 e. The van der Waals surface area contributed by atoms with E-state index >= 15 is 0 Å². The van der Waals surface area contributed by atoms with Gasteiger partial charge in [0.1, 0.15) is 0 Å². The van der Waals surface area contributed by atoms with Gasteiger partial charge in [0.25, 0.3) is 0 Å². The van der Waals surface area contributed by atoms with Crippen LogP contribution in [0.5, 0.6) is 0 Å². The van der Waals surface area contributed by atoms with Crippen LogP contribution < -0.4 is 5.32 Å². The Bertz CT molecular complexity index is 878. The van der Waals surface area contributed by atoms with E-state index in [1.165, 1.54) is 11.8 Å². The monoisotopic (exact) mass is 481 g/mol. The van der Waals surface area contributed by atoms with E-state index in [0.717, 1.165) is 20.2 Å². The van der Waals surface area contributed by atoms with E-state index in [1.807, 2.05) is 49.4 Å². The molecule has 128 valence electrons. The highest BCUT2D eigenvalue weighted by molar-refractivity contribution is 9.11. The van der Waals surface area contributed by atoms with Crippen molar-refractivity contribution >= 4 is 55.2 Å². The minimum atomic E-state index is -0.141. The number of hydrogen-bond donors (Lipinski definition) is 1. The zero-order chi connectivity index (χ0) is 17.8. The molecule has 9 heteroatoms. The van der Waals surface area contributed by atoms with Gasteiger partial charge in [0.15, 0.2) is 0 Å². The second-order valence-corrected chi connectivity index (χ2v) is 7.80. The lowest BCUT2D eigenvalue weighted by Crippen LogP contribution is -2.15. The van der Waals surface area contributed by atoms with Gasteiger partial charge in [-0.15, -0.1) is 5.10 Å². The van der Waals surface area contributed by atoms with Gasteiger partial charge in [0, 0.05) is 8.95 Å². The molecule has 6 nitrogen and oxygen atoms in total. The molecule has 0 aliphatic heterocycles. The lowest BCUT2D eigenvalue weighted by atomic mass is 10.2. The maximum atomic E-state index is 12.3. The second-order valence-electron chi connectivity index (χ2n) is 5.15. The third-order valence-electron chi connectivity index (χ3n) is 3.22. The summed E-state index contributed by atoms with van der Waals surface area (Å²) in [6.45, 7) is 1.99. The van der Waals surface area contributed by atoms with E-state index in [9.17, 15) is 4.79 Å². The molecule has 0 atom stereocenters. The largest absolute Gasteiger partial charge is 0.323 e. The first-order valence-corrected chi connectivity index (χ1v) is 9.84. The zero-order valence-electron chi connectivity index (χ0n) is 13.1. The molecular weight excluding hydrogens is 470 g/mol. The Kier molecular flexibility index (Phi) is 5.87. The summed E-state index contributed by atoms with van der Waals surface area (Å²) in [4.78, 5) is 12.3. The van der Waals surface area contributed by atoms with Crippen LogP contribution >= 0.6 is 43.6 Å². The van der Waals surface area contributed by atoms with Crippen molar-refractivity contribution in [2.24, 2.45) is 0 Å². The molecule has 0 aliphatic rings. The molecule has 3 rings (SSSR count). The molecule has 1 N–H and O–H groups in total. The Morgan fingerprint density at radius 3 is 2.56 bits per heavy atom. The Balaban J connectivity index is 1.67. The van der Waals surface area contributed by atoms with Gasteiger partial charge >= 0.3 is 0 Å². The van der Waals surface area contributed by atoms with Crippen LogP contribution in [0.1, 0.15) is 5.56 Å². The van der Waals surface area contributed by atoms with Crippen LogP contribution in [0.15, 0.2) is 56.6 Å². The van der Waals surface area contributed by atoms with Crippen LogP contribution in [0, 0.1) is 6.92 Å². The molecule has 0 unspecified atom stereocenters. The van der Waals surface area contributed by atoms with Crippen molar-refractivity contribution < 1.29 is 4.79 Å². The number of thioether (sulfide) groups is 1. The minimum absolute atomic E-state index is 0.141. The predicted molar refractivity (Wildman–Crippen MR) is 105 cm³/mol. The number of para-hydroxylation sites is 1. The number of amides is 1. The number of hydrogen-bond acceptors (Lipinski definition) is 5. The molecule has 25 heavy (non-hydrogen) atoms. The molecule has 0 spiro atoms. The van der Waals surface area contributed by atoms with Gasteiger partial charge < -0.3 is 5.32 Å². The number of carbonyl (C=O) groups excluding carboxylic acids is 1. The van der Waals surface area contributed by atoms with E-state index in [1.54, 1.807) is 4.68 Å². The lowest BCUT2D eigenvalue weighted by molar-refractivity contribution is -0.113. The summed E-state index contributed by atoms with van der Waals surface area (Å²) in [6, 6.07) is 13.4. The van der Waals surface area contributed by atoms with Crippen LogP contribution in [0.25, 0.3) is 5.69 Å². The van der Waals surface area contributed by atoms with Crippen molar-refractivity contribution in [1.82, 2.24) is 20.2 Å². The van der Waals surface area contributed by atoms with Crippen molar-refractivity contribution in [3.63, 3.8) is 0 Å². The summed E-state index contributed by atoms with van der Waals surface area (Å²) in [5.74, 6) is 0.0535. The highest BCUT2D eigenvalue weighted by Crippen LogP contribution is 2.32. The summed E-state index contributed by atoms with van der Waals surface area (Å²) in [7, 11) is 0. The smallest absolute Gasteiger partial charge is 0.234 e. The number of aromatic nitrogens is 4. The fourth-order valence-electron chi connectivity index (χ4n) is 2.13. The van der Waals surface area contributed by atoms with Gasteiger partial charge in [0.2, 0.25) is 11.1 Å². The molecule has 3 aromatic rings. The van der Waals surface area contributed by atoms with E-state index in [2.05, 4.69) is 52.7 Å². The number of halogens is 2. The van der Waals surface area contributed by atoms with Crippen molar-refractivity contribution in [1.29, 1.82) is 0 Å². The maximum absolute atomic E-state index is 12.3. The van der Waals surface area contributed by atoms with Gasteiger partial charge in [-0.3, -0.25) is 4.79 Å². The fourth-order valence-corrected chi connectivity index (χ4v) is 4.43. The number of tetrazole rings is 1. The van der Waals surface area contributed by atoms with Crippen molar-refractivity contribution in [3.8, 4) is 5.69 Å². The molecular formula is C16H13Br2N5OS. The molecule has 2 aromatic carbocycles. The number of nitrogens with one attached hydrogen (secondary N) is 1. The Labute approximate surface area is 165 Å². The third kappa shape index (κ3) is 4.47. The van der Waals surface area contributed by atoms with Crippen LogP contribution in [-0.4, -0.2) is 31.9 Å². The Morgan fingerprint density at radius 2 is 1.88 bits per heavy atom. The van der Waals surface area contributed by atoms with Crippen molar-refractivity contribution in [2.75, 3.05) is 11.1 Å². The molecule has 1 heterocycles. The first-order chi connectivity index (χ1) is 12.0. The molecule has 0 saturated carbocycles. The summed E-state index contributed by atoms with van der Waals surface area (Å²) >= 11 is 8.22. The van der Waals surface area contributed by atoms with Crippen LogP contribution in [0.3, 0.4) is 0 Å². The van der Waals surface area contributed by atoms with Crippen molar-refractivity contribution in [3.05, 3.63) is 57.0 Å². The van der Waals surface area contributed by atoms with Crippen LogP contribution in [-0.2, 0) is 4.79 Å². The number of nitrogens with zero attached hydrogens (tertiary/aromatic N) is 4. The van der Waals surface area contributed by atoms with E-state index < -0.39 is 0 Å². The molecule has 0 bridgehead atoms. The number of rotatable bonds is 5. The van der Waals surface area contributed by atoms with Gasteiger partial charge in [-0.25, -0.2) is 0 Å². The number of aryl methyl sites for hydroxylation is 1. The molecule has 0 radical (unpaired) electrons. The summed E-state index contributed by atoms with van der Waals surface area (Å²) in [5.41, 5.74) is 2.64. The van der Waals surface area contributed by atoms with Crippen molar-refractivity contribution in [2.45, 2.75) is 12.1 Å². The molecule has 0 saturated heterocycles. The van der Waals surface area contributed by atoms with Gasteiger partial charge in [-0.2, -0.15) is 4.68 Å². The van der Waals surface area contributed by atoms with Crippen LogP contribution in [0.4, 0.5) is 5.69 Å². The molecule has 0 fully saturated rings. The second kappa shape index (κ2) is 8.11. The highest BCUT2D eigenvalue weighted by Gasteiger charge is 2.14. The summed E-state index contributed by atoms with van der Waals surface area (Å²) in [6.07, 6.45) is 0. The third-order valence-corrected chi connectivity index (χ3v) is 5.40. The zero-order valence-corrected chi connectivity index (χ0v) is 17.1. The molecule has 0 aliphatic carbocycles. The molecule has 1 amide bonds. The summed E-state index contributed by atoms with van der Waals surface area (Å²) < 4.78 is 3.26. The first-order valence-electron chi connectivity index (χ1n) is 7.26. The van der Waals surface area contributed by atoms with E-state index in [-0.39, 0.29) is 11.7 Å². The van der Waals surface area contributed by atoms with Gasteiger partial charge in [-0.05, 0) is 79.0 Å². The van der Waals surface area contributed by atoms with E-state index in [0.29, 0.717) is 10.8 Å². The topological polar surface area (TPSA) is 72.7 Å². The average molecular weight is 483 g/mol. The quantitative estimate of drug-likeness (QED) is 0.551. The standard InChI is InChI=1S/C16H13Br2N5OS/c1-10-7-12(17)15(13(18)8-10)19-14(24)9-25-16-20-21-22-23(16)11-5-3-2-4-6-11/h2-8H,9H2,1H3,(H,19,24). The number of benzene rings is 2.